The first-order chi connectivity index (χ1) is 6.02. The van der Waals surface area contributed by atoms with Gasteiger partial charge in [-0.05, 0) is 30.0 Å². The molecule has 0 bridgehead atoms. The van der Waals surface area contributed by atoms with Crippen LogP contribution in [0.1, 0.15) is 43.9 Å². The first kappa shape index (κ1) is 10.2. The van der Waals surface area contributed by atoms with Crippen LogP contribution >= 0.6 is 0 Å². The second-order valence-corrected chi connectivity index (χ2v) is 3.61. The number of halogens is 1. The Balaban J connectivity index is 3.06. The molecule has 72 valence electrons. The van der Waals surface area contributed by atoms with Crippen LogP contribution in [0, 0.1) is 5.82 Å². The SMILES string of the molecule is CC(C)c1ccc([C@@H](C)O)cc1F. The maximum absolute atomic E-state index is 13.4. The molecule has 13 heavy (non-hydrogen) atoms. The van der Waals surface area contributed by atoms with Crippen LogP contribution in [0.3, 0.4) is 0 Å². The van der Waals surface area contributed by atoms with Crippen LogP contribution < -0.4 is 0 Å². The van der Waals surface area contributed by atoms with Crippen molar-refractivity contribution in [1.29, 1.82) is 0 Å². The van der Waals surface area contributed by atoms with E-state index in [1.165, 1.54) is 6.07 Å². The summed E-state index contributed by atoms with van der Waals surface area (Å²) in [5, 5.41) is 9.21. The minimum atomic E-state index is -0.601. The van der Waals surface area contributed by atoms with Gasteiger partial charge in [-0.1, -0.05) is 26.0 Å². The molecule has 1 aromatic rings. The van der Waals surface area contributed by atoms with Crippen molar-refractivity contribution in [2.45, 2.75) is 32.8 Å². The molecule has 0 radical (unpaired) electrons. The van der Waals surface area contributed by atoms with Crippen LogP contribution in [0.5, 0.6) is 0 Å². The van der Waals surface area contributed by atoms with Gasteiger partial charge in [0.2, 0.25) is 0 Å². The molecule has 1 atom stereocenters. The van der Waals surface area contributed by atoms with Crippen molar-refractivity contribution in [3.8, 4) is 0 Å². The molecule has 0 fully saturated rings. The smallest absolute Gasteiger partial charge is 0.127 e. The Labute approximate surface area is 78.2 Å². The van der Waals surface area contributed by atoms with Gasteiger partial charge in [0.05, 0.1) is 6.10 Å². The van der Waals surface area contributed by atoms with Gasteiger partial charge in [0.25, 0.3) is 0 Å². The highest BCUT2D eigenvalue weighted by Crippen LogP contribution is 2.21. The maximum Gasteiger partial charge on any atom is 0.127 e. The van der Waals surface area contributed by atoms with E-state index in [2.05, 4.69) is 0 Å². The Kier molecular flexibility index (Phi) is 3.04. The Bertz CT molecular complexity index is 292. The number of hydrogen-bond donors (Lipinski definition) is 1. The van der Waals surface area contributed by atoms with Crippen LogP contribution in [0.2, 0.25) is 0 Å². The van der Waals surface area contributed by atoms with E-state index < -0.39 is 6.10 Å². The van der Waals surface area contributed by atoms with Gasteiger partial charge in [-0.25, -0.2) is 4.39 Å². The predicted octanol–water partition coefficient (Wildman–Crippen LogP) is 3.00. The maximum atomic E-state index is 13.4. The molecule has 1 N–H and O–H groups in total. The molecule has 0 aliphatic rings. The number of benzene rings is 1. The molecule has 0 heterocycles. The first-order valence-electron chi connectivity index (χ1n) is 4.49. The molecule has 1 aromatic carbocycles. The van der Waals surface area contributed by atoms with E-state index in [1.54, 1.807) is 19.1 Å². The number of rotatable bonds is 2. The normalized spacial score (nSPS) is 13.4. The van der Waals surface area contributed by atoms with E-state index >= 15 is 0 Å². The van der Waals surface area contributed by atoms with E-state index in [9.17, 15) is 9.50 Å². The highest BCUT2D eigenvalue weighted by atomic mass is 19.1. The second kappa shape index (κ2) is 3.88. The zero-order valence-electron chi connectivity index (χ0n) is 8.21. The second-order valence-electron chi connectivity index (χ2n) is 3.61. The van der Waals surface area contributed by atoms with Gasteiger partial charge in [-0.3, -0.25) is 0 Å². The fourth-order valence-corrected chi connectivity index (χ4v) is 1.27. The Hall–Kier alpha value is -0.890. The fraction of sp³-hybridized carbons (Fsp3) is 0.455. The molecular formula is C11H15FO. The third kappa shape index (κ3) is 2.28. The summed E-state index contributed by atoms with van der Waals surface area (Å²) in [4.78, 5) is 0. The molecule has 0 saturated carbocycles. The molecule has 0 spiro atoms. The molecule has 0 amide bonds. The van der Waals surface area contributed by atoms with E-state index in [-0.39, 0.29) is 11.7 Å². The van der Waals surface area contributed by atoms with Gasteiger partial charge < -0.3 is 5.11 Å². The van der Waals surface area contributed by atoms with E-state index in [1.807, 2.05) is 13.8 Å². The Morgan fingerprint density at radius 3 is 2.23 bits per heavy atom. The molecule has 0 aliphatic carbocycles. The third-order valence-electron chi connectivity index (χ3n) is 2.13. The molecular weight excluding hydrogens is 167 g/mol. The highest BCUT2D eigenvalue weighted by molar-refractivity contribution is 5.27. The van der Waals surface area contributed by atoms with Crippen LogP contribution in [0.4, 0.5) is 4.39 Å². The van der Waals surface area contributed by atoms with Crippen molar-refractivity contribution < 1.29 is 9.50 Å². The molecule has 2 heteroatoms. The molecule has 0 aliphatic heterocycles. The quantitative estimate of drug-likeness (QED) is 0.745. The predicted molar refractivity (Wildman–Crippen MR) is 51.1 cm³/mol. The average molecular weight is 182 g/mol. The lowest BCUT2D eigenvalue weighted by molar-refractivity contribution is 0.198. The highest BCUT2D eigenvalue weighted by Gasteiger charge is 2.08. The minimum Gasteiger partial charge on any atom is -0.389 e. The third-order valence-corrected chi connectivity index (χ3v) is 2.13. The molecule has 0 unspecified atom stereocenters. The zero-order valence-corrected chi connectivity index (χ0v) is 8.21. The monoisotopic (exact) mass is 182 g/mol. The lowest BCUT2D eigenvalue weighted by Gasteiger charge is -2.10. The van der Waals surface area contributed by atoms with Crippen molar-refractivity contribution in [2.24, 2.45) is 0 Å². The molecule has 1 nitrogen and oxygen atoms in total. The number of hydrogen-bond acceptors (Lipinski definition) is 1. The van der Waals surface area contributed by atoms with Crippen molar-refractivity contribution in [3.63, 3.8) is 0 Å². The van der Waals surface area contributed by atoms with Crippen molar-refractivity contribution >= 4 is 0 Å². The standard InChI is InChI=1S/C11H15FO/c1-7(2)10-5-4-9(8(3)13)6-11(10)12/h4-8,13H,1-3H3/t8-/m1/s1. The lowest BCUT2D eigenvalue weighted by Crippen LogP contribution is -1.97. The summed E-state index contributed by atoms with van der Waals surface area (Å²) in [5.41, 5.74) is 1.33. The fourth-order valence-electron chi connectivity index (χ4n) is 1.27. The summed E-state index contributed by atoms with van der Waals surface area (Å²) in [6.07, 6.45) is -0.601. The van der Waals surface area contributed by atoms with E-state index in [4.69, 9.17) is 0 Å². The average Bonchev–Trinajstić information content (AvgIpc) is 2.03. The summed E-state index contributed by atoms with van der Waals surface area (Å²) in [6.45, 7) is 5.52. The van der Waals surface area contributed by atoms with E-state index in [0.717, 1.165) is 0 Å². The van der Waals surface area contributed by atoms with Crippen LogP contribution in [0.15, 0.2) is 18.2 Å². The van der Waals surface area contributed by atoms with Gasteiger partial charge in [0, 0.05) is 0 Å². The van der Waals surface area contributed by atoms with E-state index in [0.29, 0.717) is 11.1 Å². The van der Waals surface area contributed by atoms with Crippen LogP contribution in [-0.2, 0) is 0 Å². The minimum absolute atomic E-state index is 0.183. The Morgan fingerprint density at radius 2 is 1.85 bits per heavy atom. The molecule has 1 rings (SSSR count). The van der Waals surface area contributed by atoms with Gasteiger partial charge in [-0.2, -0.15) is 0 Å². The van der Waals surface area contributed by atoms with Crippen LogP contribution in [0.25, 0.3) is 0 Å². The molecule has 0 aromatic heterocycles. The summed E-state index contributed by atoms with van der Waals surface area (Å²) < 4.78 is 13.4. The molecule has 0 saturated heterocycles. The van der Waals surface area contributed by atoms with Gasteiger partial charge in [-0.15, -0.1) is 0 Å². The van der Waals surface area contributed by atoms with Crippen molar-refractivity contribution in [3.05, 3.63) is 35.1 Å². The topological polar surface area (TPSA) is 20.2 Å². The Morgan fingerprint density at radius 1 is 1.23 bits per heavy atom. The van der Waals surface area contributed by atoms with Crippen molar-refractivity contribution in [1.82, 2.24) is 0 Å². The zero-order chi connectivity index (χ0) is 10.0. The first-order valence-corrected chi connectivity index (χ1v) is 4.49. The van der Waals surface area contributed by atoms with Crippen molar-refractivity contribution in [2.75, 3.05) is 0 Å². The van der Waals surface area contributed by atoms with Gasteiger partial charge in [0.15, 0.2) is 0 Å². The van der Waals surface area contributed by atoms with Gasteiger partial charge in [0.1, 0.15) is 5.82 Å². The summed E-state index contributed by atoms with van der Waals surface area (Å²) >= 11 is 0. The number of aliphatic hydroxyl groups is 1. The largest absolute Gasteiger partial charge is 0.389 e. The van der Waals surface area contributed by atoms with Gasteiger partial charge >= 0.3 is 0 Å². The summed E-state index contributed by atoms with van der Waals surface area (Å²) in [6, 6.07) is 4.91. The summed E-state index contributed by atoms with van der Waals surface area (Å²) in [5.74, 6) is -0.0450. The lowest BCUT2D eigenvalue weighted by atomic mass is 9.99. The number of aliphatic hydroxyl groups excluding tert-OH is 1. The van der Waals surface area contributed by atoms with Crippen LogP contribution in [-0.4, -0.2) is 5.11 Å². The summed E-state index contributed by atoms with van der Waals surface area (Å²) in [7, 11) is 0.